The Bertz CT molecular complexity index is 956. The standard InChI is InChI=1S/C17H18N2O2S2/c1-11-19-17(10-22-11)13-2-3-16-14(8-13)15(9-18-16)12-4-6-23(20,21)7-5-12/h2-3,8-10,12,18H,4-7H2,1H3. The third kappa shape index (κ3) is 2.81. The average Bonchev–Trinajstić information content (AvgIpc) is 3.13. The number of benzene rings is 1. The lowest BCUT2D eigenvalue weighted by molar-refractivity contribution is 0.551. The zero-order valence-electron chi connectivity index (χ0n) is 12.9. The highest BCUT2D eigenvalue weighted by molar-refractivity contribution is 7.91. The highest BCUT2D eigenvalue weighted by Gasteiger charge is 2.26. The molecular weight excluding hydrogens is 328 g/mol. The molecule has 1 N–H and O–H groups in total. The molecule has 0 spiro atoms. The van der Waals surface area contributed by atoms with Crippen LogP contribution in [0, 0.1) is 6.92 Å². The molecule has 0 bridgehead atoms. The van der Waals surface area contributed by atoms with Gasteiger partial charge in [-0.05, 0) is 43.4 Å². The number of nitrogens with zero attached hydrogens (tertiary/aromatic N) is 1. The van der Waals surface area contributed by atoms with Crippen LogP contribution >= 0.6 is 11.3 Å². The predicted molar refractivity (Wildman–Crippen MR) is 94.8 cm³/mol. The van der Waals surface area contributed by atoms with Crippen molar-refractivity contribution in [1.82, 2.24) is 9.97 Å². The molecule has 0 amide bonds. The maximum absolute atomic E-state index is 11.7. The molecule has 0 saturated carbocycles. The summed E-state index contributed by atoms with van der Waals surface area (Å²) < 4.78 is 23.3. The van der Waals surface area contributed by atoms with Gasteiger partial charge in [-0.2, -0.15) is 0 Å². The molecule has 2 aromatic heterocycles. The maximum Gasteiger partial charge on any atom is 0.150 e. The van der Waals surface area contributed by atoms with Crippen molar-refractivity contribution in [2.75, 3.05) is 11.5 Å². The van der Waals surface area contributed by atoms with Gasteiger partial charge in [0.15, 0.2) is 0 Å². The lowest BCUT2D eigenvalue weighted by atomic mass is 9.92. The fourth-order valence-electron chi connectivity index (χ4n) is 3.34. The second-order valence-electron chi connectivity index (χ2n) is 6.18. The van der Waals surface area contributed by atoms with Crippen LogP contribution in [0.4, 0.5) is 0 Å². The van der Waals surface area contributed by atoms with E-state index in [0.717, 1.165) is 34.6 Å². The molecule has 6 heteroatoms. The van der Waals surface area contributed by atoms with Crippen LogP contribution in [0.2, 0.25) is 0 Å². The molecule has 23 heavy (non-hydrogen) atoms. The molecule has 0 aliphatic carbocycles. The Labute approximate surface area is 139 Å². The average molecular weight is 346 g/mol. The first-order valence-electron chi connectivity index (χ1n) is 7.76. The van der Waals surface area contributed by atoms with Crippen molar-refractivity contribution in [1.29, 1.82) is 0 Å². The highest BCUT2D eigenvalue weighted by Crippen LogP contribution is 2.35. The van der Waals surface area contributed by atoms with Crippen molar-refractivity contribution in [2.24, 2.45) is 0 Å². The molecule has 1 aliphatic rings. The Morgan fingerprint density at radius 1 is 1.26 bits per heavy atom. The Morgan fingerprint density at radius 2 is 2.04 bits per heavy atom. The second kappa shape index (κ2) is 5.46. The molecule has 0 radical (unpaired) electrons. The third-order valence-corrected chi connectivity index (χ3v) is 7.11. The molecule has 120 valence electrons. The fraction of sp³-hybridized carbons (Fsp3) is 0.353. The summed E-state index contributed by atoms with van der Waals surface area (Å²) in [4.78, 5) is 7.89. The van der Waals surface area contributed by atoms with Crippen LogP contribution in [0.1, 0.15) is 29.3 Å². The molecule has 4 rings (SSSR count). The van der Waals surface area contributed by atoms with Gasteiger partial charge in [0.05, 0.1) is 22.2 Å². The summed E-state index contributed by atoms with van der Waals surface area (Å²) in [6, 6.07) is 6.35. The summed E-state index contributed by atoms with van der Waals surface area (Å²) >= 11 is 1.65. The van der Waals surface area contributed by atoms with Crippen molar-refractivity contribution >= 4 is 32.1 Å². The normalized spacial score (nSPS) is 18.5. The van der Waals surface area contributed by atoms with Gasteiger partial charge in [-0.1, -0.05) is 6.07 Å². The van der Waals surface area contributed by atoms with Crippen molar-refractivity contribution in [3.05, 3.63) is 40.3 Å². The lowest BCUT2D eigenvalue weighted by Crippen LogP contribution is -2.21. The van der Waals surface area contributed by atoms with Crippen LogP contribution in [0.3, 0.4) is 0 Å². The van der Waals surface area contributed by atoms with Crippen molar-refractivity contribution in [2.45, 2.75) is 25.7 Å². The number of aromatic amines is 1. The molecule has 1 aromatic carbocycles. The van der Waals surface area contributed by atoms with Gasteiger partial charge in [0, 0.05) is 28.0 Å². The van der Waals surface area contributed by atoms with Crippen LogP contribution in [-0.2, 0) is 9.84 Å². The van der Waals surface area contributed by atoms with Gasteiger partial charge in [-0.15, -0.1) is 11.3 Å². The Morgan fingerprint density at radius 3 is 2.74 bits per heavy atom. The SMILES string of the molecule is Cc1nc(-c2ccc3[nH]cc(C4CCS(=O)(=O)CC4)c3c2)cs1. The van der Waals surface area contributed by atoms with Gasteiger partial charge in [0.25, 0.3) is 0 Å². The fourth-order valence-corrected chi connectivity index (χ4v) is 5.45. The lowest BCUT2D eigenvalue weighted by Gasteiger charge is -2.21. The minimum absolute atomic E-state index is 0.301. The van der Waals surface area contributed by atoms with Gasteiger partial charge < -0.3 is 4.98 Å². The van der Waals surface area contributed by atoms with E-state index in [-0.39, 0.29) is 0 Å². The number of rotatable bonds is 2. The number of aryl methyl sites for hydroxylation is 1. The number of hydrogen-bond donors (Lipinski definition) is 1. The molecule has 3 heterocycles. The number of nitrogens with one attached hydrogen (secondary N) is 1. The maximum atomic E-state index is 11.7. The first-order chi connectivity index (χ1) is 11.0. The van der Waals surface area contributed by atoms with Gasteiger partial charge in [-0.3, -0.25) is 0 Å². The first-order valence-corrected chi connectivity index (χ1v) is 10.5. The van der Waals surface area contributed by atoms with Gasteiger partial charge in [0.1, 0.15) is 9.84 Å². The van der Waals surface area contributed by atoms with E-state index < -0.39 is 9.84 Å². The second-order valence-corrected chi connectivity index (χ2v) is 9.55. The number of hydrogen-bond acceptors (Lipinski definition) is 4. The molecule has 0 unspecified atom stereocenters. The van der Waals surface area contributed by atoms with E-state index in [0.29, 0.717) is 17.4 Å². The number of thiazole rings is 1. The molecule has 1 aliphatic heterocycles. The van der Waals surface area contributed by atoms with E-state index >= 15 is 0 Å². The van der Waals surface area contributed by atoms with Crippen LogP contribution in [0.15, 0.2) is 29.8 Å². The zero-order valence-corrected chi connectivity index (χ0v) is 14.5. The van der Waals surface area contributed by atoms with Gasteiger partial charge >= 0.3 is 0 Å². The quantitative estimate of drug-likeness (QED) is 0.765. The van der Waals surface area contributed by atoms with E-state index in [1.165, 1.54) is 10.9 Å². The highest BCUT2D eigenvalue weighted by atomic mass is 32.2. The van der Waals surface area contributed by atoms with E-state index in [1.54, 1.807) is 11.3 Å². The number of fused-ring (bicyclic) bond motifs is 1. The van der Waals surface area contributed by atoms with Crippen LogP contribution in [-0.4, -0.2) is 29.9 Å². The summed E-state index contributed by atoms with van der Waals surface area (Å²) in [6.07, 6.45) is 3.48. The third-order valence-electron chi connectivity index (χ3n) is 4.62. The molecular formula is C17H18N2O2S2. The Balaban J connectivity index is 1.73. The largest absolute Gasteiger partial charge is 0.361 e. The minimum Gasteiger partial charge on any atom is -0.361 e. The topological polar surface area (TPSA) is 62.8 Å². The zero-order chi connectivity index (χ0) is 16.0. The summed E-state index contributed by atoms with van der Waals surface area (Å²) in [7, 11) is -2.83. The predicted octanol–water partition coefficient (Wildman–Crippen LogP) is 3.89. The minimum atomic E-state index is -2.83. The molecule has 1 saturated heterocycles. The Kier molecular flexibility index (Phi) is 3.54. The van der Waals surface area contributed by atoms with Crippen molar-refractivity contribution in [3.63, 3.8) is 0 Å². The number of sulfone groups is 1. The molecule has 4 nitrogen and oxygen atoms in total. The van der Waals surface area contributed by atoms with Crippen molar-refractivity contribution < 1.29 is 8.42 Å². The van der Waals surface area contributed by atoms with E-state index in [2.05, 4.69) is 33.5 Å². The van der Waals surface area contributed by atoms with Crippen LogP contribution in [0.25, 0.3) is 22.2 Å². The Hall–Kier alpha value is -1.66. The van der Waals surface area contributed by atoms with Gasteiger partial charge in [0.2, 0.25) is 0 Å². The monoisotopic (exact) mass is 346 g/mol. The molecule has 3 aromatic rings. The summed E-state index contributed by atoms with van der Waals surface area (Å²) in [5, 5.41) is 4.33. The van der Waals surface area contributed by atoms with E-state index in [4.69, 9.17) is 0 Å². The van der Waals surface area contributed by atoms with Crippen LogP contribution in [0.5, 0.6) is 0 Å². The van der Waals surface area contributed by atoms with Crippen molar-refractivity contribution in [3.8, 4) is 11.3 Å². The van der Waals surface area contributed by atoms with Gasteiger partial charge in [-0.25, -0.2) is 13.4 Å². The molecule has 0 atom stereocenters. The first kappa shape index (κ1) is 14.9. The summed E-state index contributed by atoms with van der Waals surface area (Å²) in [6.45, 7) is 2.01. The smallest absolute Gasteiger partial charge is 0.150 e. The van der Waals surface area contributed by atoms with E-state index in [1.807, 2.05) is 13.1 Å². The summed E-state index contributed by atoms with van der Waals surface area (Å²) in [5.41, 5.74) is 4.46. The number of aromatic nitrogens is 2. The number of H-pyrrole nitrogens is 1. The molecule has 1 fully saturated rings. The summed E-state index contributed by atoms with van der Waals surface area (Å²) in [5.74, 6) is 0.921. The van der Waals surface area contributed by atoms with Crippen LogP contribution < -0.4 is 0 Å². The van der Waals surface area contributed by atoms with E-state index in [9.17, 15) is 8.42 Å².